The molecule has 0 saturated heterocycles. The molecule has 1 aliphatic heterocycles. The second-order valence-electron chi connectivity index (χ2n) is 1.24. The van der Waals surface area contributed by atoms with E-state index >= 15 is 0 Å². The first-order valence-corrected chi connectivity index (χ1v) is 2.54. The van der Waals surface area contributed by atoms with Crippen molar-refractivity contribution in [3.63, 3.8) is 0 Å². The molecular formula is C5H12N2O. The van der Waals surface area contributed by atoms with E-state index in [-0.39, 0.29) is 0 Å². The third kappa shape index (κ3) is 3.64. The van der Waals surface area contributed by atoms with E-state index in [1.807, 2.05) is 12.3 Å². The predicted octanol–water partition coefficient (Wildman–Crippen LogP) is -0.741. The van der Waals surface area contributed by atoms with E-state index in [0.29, 0.717) is 0 Å². The summed E-state index contributed by atoms with van der Waals surface area (Å²) in [6.45, 7) is 1.92. The first kappa shape index (κ1) is 7.46. The average molecular weight is 116 g/mol. The molecule has 48 valence electrons. The highest BCUT2D eigenvalue weighted by Crippen LogP contribution is 1.68. The zero-order chi connectivity index (χ0) is 6.24. The van der Waals surface area contributed by atoms with Gasteiger partial charge in [0, 0.05) is 13.7 Å². The van der Waals surface area contributed by atoms with Crippen LogP contribution in [0.3, 0.4) is 0 Å². The molecule has 0 bridgehead atoms. The van der Waals surface area contributed by atoms with E-state index in [1.54, 1.807) is 0 Å². The van der Waals surface area contributed by atoms with Gasteiger partial charge in [-0.3, -0.25) is 5.32 Å². The lowest BCUT2D eigenvalue weighted by Crippen LogP contribution is -2.29. The van der Waals surface area contributed by atoms with Crippen molar-refractivity contribution in [2.45, 2.75) is 0 Å². The van der Waals surface area contributed by atoms with Gasteiger partial charge in [-0.1, -0.05) is 6.08 Å². The fraction of sp³-hybridized carbons (Fsp3) is 0.600. The largest absolute Gasteiger partial charge is 0.400 e. The van der Waals surface area contributed by atoms with Crippen LogP contribution in [0.25, 0.3) is 0 Å². The molecule has 0 spiro atoms. The van der Waals surface area contributed by atoms with Crippen LogP contribution < -0.4 is 10.6 Å². The van der Waals surface area contributed by atoms with Crippen LogP contribution in [0.1, 0.15) is 0 Å². The molecule has 1 aliphatic rings. The topological polar surface area (TPSA) is 44.3 Å². The summed E-state index contributed by atoms with van der Waals surface area (Å²) in [4.78, 5) is 0. The fourth-order valence-corrected chi connectivity index (χ4v) is 0.429. The standard InChI is InChI=1S/C4H8N2.CH4O/c1-2-5-4-6-3-1;1-2/h1-2,5-6H,3-4H2;2H,1H3. The van der Waals surface area contributed by atoms with E-state index in [1.165, 1.54) is 0 Å². The number of hydrogen-bond acceptors (Lipinski definition) is 3. The highest BCUT2D eigenvalue weighted by molar-refractivity contribution is 4.84. The Balaban J connectivity index is 0.000000222. The van der Waals surface area contributed by atoms with Crippen LogP contribution in [0.5, 0.6) is 0 Å². The minimum atomic E-state index is 0.913. The van der Waals surface area contributed by atoms with Crippen LogP contribution in [0, 0.1) is 0 Å². The number of rotatable bonds is 0. The minimum Gasteiger partial charge on any atom is -0.400 e. The van der Waals surface area contributed by atoms with Gasteiger partial charge in [0.2, 0.25) is 0 Å². The van der Waals surface area contributed by atoms with Gasteiger partial charge in [-0.05, 0) is 6.20 Å². The Morgan fingerprint density at radius 3 is 2.38 bits per heavy atom. The number of hydrogen-bond donors (Lipinski definition) is 3. The van der Waals surface area contributed by atoms with Crippen LogP contribution in [0.4, 0.5) is 0 Å². The normalized spacial score (nSPS) is 15.8. The molecule has 0 amide bonds. The van der Waals surface area contributed by atoms with Crippen LogP contribution in [0.15, 0.2) is 12.3 Å². The fourth-order valence-electron chi connectivity index (χ4n) is 0.429. The lowest BCUT2D eigenvalue weighted by Gasteiger charge is -2.05. The molecule has 3 N–H and O–H groups in total. The quantitative estimate of drug-likeness (QED) is 0.390. The summed E-state index contributed by atoms with van der Waals surface area (Å²) in [5, 5.41) is 13.1. The summed E-state index contributed by atoms with van der Waals surface area (Å²) in [5.41, 5.74) is 0. The Bertz CT molecular complexity index is 55.4. The molecule has 8 heavy (non-hydrogen) atoms. The molecule has 1 rings (SSSR count). The van der Waals surface area contributed by atoms with Crippen molar-refractivity contribution >= 4 is 0 Å². The molecule has 0 aromatic heterocycles. The molecule has 3 nitrogen and oxygen atoms in total. The second kappa shape index (κ2) is 6.46. The van der Waals surface area contributed by atoms with Crippen molar-refractivity contribution in [3.8, 4) is 0 Å². The van der Waals surface area contributed by atoms with Crippen molar-refractivity contribution in [1.29, 1.82) is 0 Å². The van der Waals surface area contributed by atoms with Crippen molar-refractivity contribution < 1.29 is 5.11 Å². The van der Waals surface area contributed by atoms with E-state index in [9.17, 15) is 0 Å². The third-order valence-electron chi connectivity index (χ3n) is 0.725. The Hall–Kier alpha value is -0.540. The Morgan fingerprint density at radius 1 is 1.50 bits per heavy atom. The smallest absolute Gasteiger partial charge is 0.0650 e. The third-order valence-corrected chi connectivity index (χ3v) is 0.725. The van der Waals surface area contributed by atoms with Gasteiger partial charge < -0.3 is 10.4 Å². The molecule has 0 fully saturated rings. The van der Waals surface area contributed by atoms with Crippen molar-refractivity contribution in [1.82, 2.24) is 10.6 Å². The van der Waals surface area contributed by atoms with E-state index in [0.717, 1.165) is 20.3 Å². The van der Waals surface area contributed by atoms with Crippen LogP contribution in [0.2, 0.25) is 0 Å². The molecule has 0 saturated carbocycles. The SMILES string of the molecule is C1=CNCNC1.CO. The first-order valence-electron chi connectivity index (χ1n) is 2.54. The average Bonchev–Trinajstić information content (AvgIpc) is 1.96. The van der Waals surface area contributed by atoms with Crippen LogP contribution >= 0.6 is 0 Å². The molecule has 0 radical (unpaired) electrons. The van der Waals surface area contributed by atoms with Crippen molar-refractivity contribution in [2.24, 2.45) is 0 Å². The summed E-state index contributed by atoms with van der Waals surface area (Å²) in [6.07, 6.45) is 4.00. The Morgan fingerprint density at radius 2 is 2.25 bits per heavy atom. The molecule has 1 heterocycles. The molecule has 0 unspecified atom stereocenters. The summed E-state index contributed by atoms with van der Waals surface area (Å²) >= 11 is 0. The Kier molecular flexibility index (Phi) is 6.02. The van der Waals surface area contributed by atoms with Gasteiger partial charge in [-0.2, -0.15) is 0 Å². The summed E-state index contributed by atoms with van der Waals surface area (Å²) in [6, 6.07) is 0. The monoisotopic (exact) mass is 116 g/mol. The van der Waals surface area contributed by atoms with Crippen LogP contribution in [-0.4, -0.2) is 25.4 Å². The van der Waals surface area contributed by atoms with Gasteiger partial charge >= 0.3 is 0 Å². The first-order chi connectivity index (χ1) is 4.00. The lowest BCUT2D eigenvalue weighted by atomic mass is 10.5. The molecular weight excluding hydrogens is 104 g/mol. The molecule has 0 aromatic carbocycles. The zero-order valence-corrected chi connectivity index (χ0v) is 5.02. The van der Waals surface area contributed by atoms with E-state index in [2.05, 4.69) is 10.6 Å². The van der Waals surface area contributed by atoms with E-state index in [4.69, 9.17) is 5.11 Å². The van der Waals surface area contributed by atoms with Gasteiger partial charge in [0.05, 0.1) is 6.67 Å². The maximum absolute atomic E-state index is 7.00. The number of nitrogens with one attached hydrogen (secondary N) is 2. The molecule has 0 atom stereocenters. The summed E-state index contributed by atoms with van der Waals surface area (Å²) < 4.78 is 0. The second-order valence-corrected chi connectivity index (χ2v) is 1.24. The molecule has 0 aliphatic carbocycles. The van der Waals surface area contributed by atoms with Gasteiger partial charge in [0.15, 0.2) is 0 Å². The van der Waals surface area contributed by atoms with Crippen molar-refractivity contribution in [3.05, 3.63) is 12.3 Å². The van der Waals surface area contributed by atoms with E-state index < -0.39 is 0 Å². The predicted molar refractivity (Wildman–Crippen MR) is 33.3 cm³/mol. The molecule has 0 aromatic rings. The zero-order valence-electron chi connectivity index (χ0n) is 5.02. The maximum Gasteiger partial charge on any atom is 0.0650 e. The van der Waals surface area contributed by atoms with Crippen LogP contribution in [-0.2, 0) is 0 Å². The number of aliphatic hydroxyl groups excluding tert-OH is 1. The number of aliphatic hydroxyl groups is 1. The maximum atomic E-state index is 7.00. The van der Waals surface area contributed by atoms with Gasteiger partial charge in [-0.25, -0.2) is 0 Å². The van der Waals surface area contributed by atoms with Gasteiger partial charge in [0.25, 0.3) is 0 Å². The van der Waals surface area contributed by atoms with Gasteiger partial charge in [-0.15, -0.1) is 0 Å². The highest BCUT2D eigenvalue weighted by Gasteiger charge is 1.81. The highest BCUT2D eigenvalue weighted by atomic mass is 16.2. The summed E-state index contributed by atoms with van der Waals surface area (Å²) in [7, 11) is 1.00. The van der Waals surface area contributed by atoms with Gasteiger partial charge in [0.1, 0.15) is 0 Å². The lowest BCUT2D eigenvalue weighted by molar-refractivity contribution is 0.399. The minimum absolute atomic E-state index is 0.913. The van der Waals surface area contributed by atoms with Crippen molar-refractivity contribution in [2.75, 3.05) is 20.3 Å². The molecule has 3 heteroatoms. The summed E-state index contributed by atoms with van der Waals surface area (Å²) in [5.74, 6) is 0. The Labute approximate surface area is 49.4 Å².